The summed E-state index contributed by atoms with van der Waals surface area (Å²) in [6.07, 6.45) is 0. The van der Waals surface area contributed by atoms with Gasteiger partial charge < -0.3 is 14.2 Å². The van der Waals surface area contributed by atoms with Gasteiger partial charge in [0.2, 0.25) is 5.75 Å². The van der Waals surface area contributed by atoms with Gasteiger partial charge in [0, 0.05) is 0 Å². The van der Waals surface area contributed by atoms with Crippen LogP contribution in [0.25, 0.3) is 20.8 Å². The number of benzene rings is 2. The number of hydrogen-bond acceptors (Lipinski definition) is 5. The molecule has 1 aromatic heterocycles. The van der Waals surface area contributed by atoms with Gasteiger partial charge in [-0.1, -0.05) is 12.1 Å². The van der Waals surface area contributed by atoms with Gasteiger partial charge in [-0.15, -0.1) is 11.3 Å². The smallest absolute Gasteiger partial charge is 0.204 e. The Bertz CT molecular complexity index is 749. The summed E-state index contributed by atoms with van der Waals surface area (Å²) in [5.41, 5.74) is 1.88. The van der Waals surface area contributed by atoms with Gasteiger partial charge in [0.1, 0.15) is 5.01 Å². The predicted octanol–water partition coefficient (Wildman–Crippen LogP) is 3.99. The molecule has 4 nitrogen and oxygen atoms in total. The highest BCUT2D eigenvalue weighted by Gasteiger charge is 2.19. The van der Waals surface area contributed by atoms with Crippen LogP contribution in [0.1, 0.15) is 0 Å². The molecule has 0 amide bonds. The summed E-state index contributed by atoms with van der Waals surface area (Å²) in [4.78, 5) is 4.66. The van der Waals surface area contributed by atoms with Crippen LogP contribution >= 0.6 is 11.3 Å². The number of aromatic nitrogens is 1. The van der Waals surface area contributed by atoms with E-state index in [-0.39, 0.29) is 0 Å². The van der Waals surface area contributed by atoms with E-state index in [0.717, 1.165) is 20.8 Å². The van der Waals surface area contributed by atoms with Crippen LogP contribution in [0, 0.1) is 0 Å². The first-order chi connectivity index (χ1) is 10.3. The Balaban J connectivity index is 2.21. The molecule has 0 aliphatic rings. The fourth-order valence-electron chi connectivity index (χ4n) is 2.26. The van der Waals surface area contributed by atoms with E-state index in [1.165, 1.54) is 0 Å². The zero-order valence-electron chi connectivity index (χ0n) is 12.0. The molecule has 21 heavy (non-hydrogen) atoms. The molecule has 0 atom stereocenters. The minimum Gasteiger partial charge on any atom is -0.493 e. The molecule has 2 aromatic carbocycles. The summed E-state index contributed by atoms with van der Waals surface area (Å²) in [6, 6.07) is 11.9. The maximum atomic E-state index is 5.52. The predicted molar refractivity (Wildman–Crippen MR) is 84.7 cm³/mol. The van der Waals surface area contributed by atoms with Gasteiger partial charge in [0.25, 0.3) is 0 Å². The van der Waals surface area contributed by atoms with Crippen molar-refractivity contribution in [1.82, 2.24) is 4.98 Å². The number of ether oxygens (including phenoxy) is 3. The van der Waals surface area contributed by atoms with Crippen LogP contribution in [0.15, 0.2) is 36.4 Å². The Hall–Kier alpha value is -2.27. The number of nitrogens with zero attached hydrogens (tertiary/aromatic N) is 1. The van der Waals surface area contributed by atoms with E-state index in [4.69, 9.17) is 14.2 Å². The number of thiazole rings is 1. The van der Waals surface area contributed by atoms with Gasteiger partial charge in [-0.2, -0.15) is 0 Å². The van der Waals surface area contributed by atoms with Gasteiger partial charge in [0.05, 0.1) is 37.1 Å². The molecule has 1 heterocycles. The summed E-state index contributed by atoms with van der Waals surface area (Å²) in [6.45, 7) is 0. The van der Waals surface area contributed by atoms with E-state index >= 15 is 0 Å². The van der Waals surface area contributed by atoms with Gasteiger partial charge >= 0.3 is 0 Å². The number of fused-ring (bicyclic) bond motifs is 1. The molecule has 0 aliphatic carbocycles. The highest BCUT2D eigenvalue weighted by atomic mass is 32.1. The van der Waals surface area contributed by atoms with Crippen molar-refractivity contribution in [2.24, 2.45) is 0 Å². The molecule has 0 radical (unpaired) electrons. The quantitative estimate of drug-likeness (QED) is 0.730. The van der Waals surface area contributed by atoms with E-state index in [2.05, 4.69) is 11.1 Å². The maximum Gasteiger partial charge on any atom is 0.204 e. The van der Waals surface area contributed by atoms with Crippen molar-refractivity contribution in [2.75, 3.05) is 21.3 Å². The molecule has 0 aliphatic heterocycles. The standard InChI is InChI=1S/C16H15NO3S/c1-18-12-9-8-10(14(19-2)15(12)20-3)16-17-11-6-4-5-7-13(11)21-16/h4-9H,1-3H3. The summed E-state index contributed by atoms with van der Waals surface area (Å²) < 4.78 is 17.4. The third-order valence-corrected chi connectivity index (χ3v) is 4.30. The lowest BCUT2D eigenvalue weighted by atomic mass is 10.1. The lowest BCUT2D eigenvalue weighted by Crippen LogP contribution is -1.96. The Morgan fingerprint density at radius 3 is 2.29 bits per heavy atom. The summed E-state index contributed by atoms with van der Waals surface area (Å²) in [5.74, 6) is 1.85. The van der Waals surface area contributed by atoms with Crippen LogP contribution in [-0.4, -0.2) is 26.3 Å². The summed E-state index contributed by atoms with van der Waals surface area (Å²) in [7, 11) is 4.82. The lowest BCUT2D eigenvalue weighted by molar-refractivity contribution is 0.325. The van der Waals surface area contributed by atoms with Gasteiger partial charge in [-0.05, 0) is 24.3 Å². The first-order valence-corrected chi connectivity index (χ1v) is 7.25. The average molecular weight is 301 g/mol. The lowest BCUT2D eigenvalue weighted by Gasteiger charge is -2.14. The Labute approximate surface area is 126 Å². The topological polar surface area (TPSA) is 40.6 Å². The van der Waals surface area contributed by atoms with Crippen LogP contribution in [0.4, 0.5) is 0 Å². The third-order valence-electron chi connectivity index (χ3n) is 3.23. The van der Waals surface area contributed by atoms with Crippen molar-refractivity contribution >= 4 is 21.6 Å². The minimum atomic E-state index is 0.580. The Morgan fingerprint density at radius 2 is 1.62 bits per heavy atom. The maximum absolute atomic E-state index is 5.52. The summed E-state index contributed by atoms with van der Waals surface area (Å²) >= 11 is 1.63. The van der Waals surface area contributed by atoms with Crippen molar-refractivity contribution in [2.45, 2.75) is 0 Å². The van der Waals surface area contributed by atoms with Crippen LogP contribution in [0.5, 0.6) is 17.2 Å². The Kier molecular flexibility index (Phi) is 3.66. The zero-order valence-corrected chi connectivity index (χ0v) is 12.9. The molecule has 0 bridgehead atoms. The molecule has 0 saturated heterocycles. The molecule has 0 saturated carbocycles. The second-order valence-corrected chi connectivity index (χ2v) is 5.40. The molecule has 0 fully saturated rings. The number of methoxy groups -OCH3 is 3. The fraction of sp³-hybridized carbons (Fsp3) is 0.188. The zero-order chi connectivity index (χ0) is 14.8. The van der Waals surface area contributed by atoms with Crippen molar-refractivity contribution in [3.05, 3.63) is 36.4 Å². The SMILES string of the molecule is COc1ccc(-c2nc3ccccc3s2)c(OC)c1OC. The average Bonchev–Trinajstić information content (AvgIpc) is 2.96. The van der Waals surface area contributed by atoms with Crippen LogP contribution in [-0.2, 0) is 0 Å². The molecule has 3 rings (SSSR count). The minimum absolute atomic E-state index is 0.580. The van der Waals surface area contributed by atoms with Crippen molar-refractivity contribution in [1.29, 1.82) is 0 Å². The van der Waals surface area contributed by atoms with Crippen LogP contribution < -0.4 is 14.2 Å². The molecule has 5 heteroatoms. The fourth-order valence-corrected chi connectivity index (χ4v) is 3.24. The highest BCUT2D eigenvalue weighted by molar-refractivity contribution is 7.21. The van der Waals surface area contributed by atoms with Gasteiger partial charge in [-0.25, -0.2) is 4.98 Å². The largest absolute Gasteiger partial charge is 0.493 e. The van der Waals surface area contributed by atoms with E-state index in [1.807, 2.05) is 30.3 Å². The van der Waals surface area contributed by atoms with Crippen molar-refractivity contribution in [3.63, 3.8) is 0 Å². The Morgan fingerprint density at radius 1 is 0.857 bits per heavy atom. The van der Waals surface area contributed by atoms with Gasteiger partial charge in [0.15, 0.2) is 11.5 Å². The molecule has 0 spiro atoms. The molecule has 0 unspecified atom stereocenters. The number of para-hydroxylation sites is 1. The molecule has 3 aromatic rings. The molecule has 0 N–H and O–H groups in total. The van der Waals surface area contributed by atoms with Crippen molar-refractivity contribution < 1.29 is 14.2 Å². The van der Waals surface area contributed by atoms with Crippen LogP contribution in [0.3, 0.4) is 0 Å². The van der Waals surface area contributed by atoms with Gasteiger partial charge in [-0.3, -0.25) is 0 Å². The molecule has 108 valence electrons. The first kappa shape index (κ1) is 13.7. The number of rotatable bonds is 4. The first-order valence-electron chi connectivity index (χ1n) is 6.43. The summed E-state index contributed by atoms with van der Waals surface area (Å²) in [5, 5.41) is 0.897. The number of hydrogen-bond donors (Lipinski definition) is 0. The second-order valence-electron chi connectivity index (χ2n) is 4.37. The van der Waals surface area contributed by atoms with Crippen LogP contribution in [0.2, 0.25) is 0 Å². The normalized spacial score (nSPS) is 10.6. The van der Waals surface area contributed by atoms with E-state index in [9.17, 15) is 0 Å². The van der Waals surface area contributed by atoms with E-state index in [1.54, 1.807) is 32.7 Å². The van der Waals surface area contributed by atoms with Crippen molar-refractivity contribution in [3.8, 4) is 27.8 Å². The highest BCUT2D eigenvalue weighted by Crippen LogP contribution is 2.45. The molecular weight excluding hydrogens is 286 g/mol. The molecular formula is C16H15NO3S. The third kappa shape index (κ3) is 2.29. The second kappa shape index (κ2) is 5.61. The van der Waals surface area contributed by atoms with E-state index < -0.39 is 0 Å². The monoisotopic (exact) mass is 301 g/mol. The van der Waals surface area contributed by atoms with E-state index in [0.29, 0.717) is 17.2 Å².